The summed E-state index contributed by atoms with van der Waals surface area (Å²) < 4.78 is 4.96. The molecule has 0 spiro atoms. The van der Waals surface area contributed by atoms with Crippen LogP contribution in [0.15, 0.2) is 52.5 Å². The van der Waals surface area contributed by atoms with Gasteiger partial charge in [0.1, 0.15) is 5.03 Å². The molecule has 0 unspecified atom stereocenters. The number of rotatable bonds is 4. The Bertz CT molecular complexity index is 748. The Kier molecular flexibility index (Phi) is 4.62. The van der Waals surface area contributed by atoms with E-state index in [0.717, 1.165) is 15.6 Å². The largest absolute Gasteiger partial charge is 0.466 e. The number of fused-ring (bicyclic) bond motifs is 2. The number of hydrogen-bond donors (Lipinski definition) is 0. The number of benzene rings is 1. The number of carbonyl (C=O) groups excluding carboxylic acids is 2. The lowest BCUT2D eigenvalue weighted by molar-refractivity contribution is -0.142. The highest BCUT2D eigenvalue weighted by Gasteiger charge is 2.28. The molecule has 6 heteroatoms. The van der Waals surface area contributed by atoms with Gasteiger partial charge in [0.05, 0.1) is 24.3 Å². The van der Waals surface area contributed by atoms with Crippen LogP contribution in [-0.4, -0.2) is 30.0 Å². The van der Waals surface area contributed by atoms with E-state index < -0.39 is 0 Å². The average molecular weight is 328 g/mol. The Morgan fingerprint density at radius 2 is 2.09 bits per heavy atom. The van der Waals surface area contributed by atoms with E-state index in [1.807, 2.05) is 24.3 Å². The van der Waals surface area contributed by atoms with Crippen LogP contribution in [-0.2, 0) is 9.53 Å². The van der Waals surface area contributed by atoms with Crippen LogP contribution in [0.25, 0.3) is 0 Å². The molecule has 1 aromatic carbocycles. The topological polar surface area (TPSA) is 59.5 Å². The molecule has 1 amide bonds. The minimum atomic E-state index is -0.309. The van der Waals surface area contributed by atoms with Crippen molar-refractivity contribution < 1.29 is 14.3 Å². The number of esters is 1. The number of amides is 1. The minimum absolute atomic E-state index is 0.121. The van der Waals surface area contributed by atoms with Gasteiger partial charge in [-0.05, 0) is 31.2 Å². The molecule has 0 bridgehead atoms. The monoisotopic (exact) mass is 328 g/mol. The first kappa shape index (κ1) is 15.6. The van der Waals surface area contributed by atoms with Crippen LogP contribution in [0.2, 0.25) is 0 Å². The molecule has 1 aliphatic heterocycles. The summed E-state index contributed by atoms with van der Waals surface area (Å²) in [6.45, 7) is 2.37. The van der Waals surface area contributed by atoms with Crippen LogP contribution in [0.5, 0.6) is 0 Å². The number of aromatic nitrogens is 1. The SMILES string of the molecule is CCOC(=O)CCN1C(=O)c2ccccc2Sc2ncccc21. The van der Waals surface area contributed by atoms with Gasteiger partial charge in [-0.1, -0.05) is 23.9 Å². The van der Waals surface area contributed by atoms with Gasteiger partial charge in [0, 0.05) is 17.6 Å². The Balaban J connectivity index is 1.96. The second kappa shape index (κ2) is 6.83. The Morgan fingerprint density at radius 1 is 1.26 bits per heavy atom. The minimum Gasteiger partial charge on any atom is -0.466 e. The molecular formula is C17H16N2O3S. The summed E-state index contributed by atoms with van der Waals surface area (Å²) in [7, 11) is 0. The van der Waals surface area contributed by atoms with Gasteiger partial charge in [-0.15, -0.1) is 0 Å². The molecule has 2 aromatic rings. The van der Waals surface area contributed by atoms with Crippen LogP contribution in [0.4, 0.5) is 5.69 Å². The van der Waals surface area contributed by atoms with E-state index in [9.17, 15) is 9.59 Å². The first-order chi connectivity index (χ1) is 11.2. The van der Waals surface area contributed by atoms with Crippen LogP contribution in [0, 0.1) is 0 Å². The first-order valence-electron chi connectivity index (χ1n) is 7.40. The molecule has 0 N–H and O–H groups in total. The van der Waals surface area contributed by atoms with Gasteiger partial charge in [-0.3, -0.25) is 9.59 Å². The van der Waals surface area contributed by atoms with Crippen molar-refractivity contribution in [2.45, 2.75) is 23.3 Å². The molecule has 0 aliphatic carbocycles. The summed E-state index contributed by atoms with van der Waals surface area (Å²) in [4.78, 5) is 31.4. The number of ether oxygens (including phenoxy) is 1. The highest BCUT2D eigenvalue weighted by molar-refractivity contribution is 7.99. The van der Waals surface area contributed by atoms with Gasteiger partial charge in [0.25, 0.3) is 5.91 Å². The zero-order chi connectivity index (χ0) is 16.2. The molecule has 3 rings (SSSR count). The van der Waals surface area contributed by atoms with E-state index in [0.29, 0.717) is 12.2 Å². The van der Waals surface area contributed by atoms with Crippen LogP contribution in [0.3, 0.4) is 0 Å². The van der Waals surface area contributed by atoms with E-state index in [1.165, 1.54) is 11.8 Å². The molecule has 23 heavy (non-hydrogen) atoms. The Hall–Kier alpha value is -2.34. The van der Waals surface area contributed by atoms with Crippen LogP contribution >= 0.6 is 11.8 Å². The van der Waals surface area contributed by atoms with Crippen molar-refractivity contribution >= 4 is 29.3 Å². The summed E-state index contributed by atoms with van der Waals surface area (Å²) >= 11 is 1.47. The molecule has 2 heterocycles. The Labute approximate surface area is 138 Å². The lowest BCUT2D eigenvalue weighted by Gasteiger charge is -2.21. The number of nitrogens with zero attached hydrogens (tertiary/aromatic N) is 2. The smallest absolute Gasteiger partial charge is 0.307 e. The fraction of sp³-hybridized carbons (Fsp3) is 0.235. The zero-order valence-electron chi connectivity index (χ0n) is 12.7. The van der Waals surface area contributed by atoms with E-state index in [4.69, 9.17) is 4.74 Å². The van der Waals surface area contributed by atoms with Crippen molar-refractivity contribution in [3.63, 3.8) is 0 Å². The molecule has 0 radical (unpaired) electrons. The molecule has 0 fully saturated rings. The molecule has 1 aliphatic rings. The van der Waals surface area contributed by atoms with E-state index in [2.05, 4.69) is 4.98 Å². The van der Waals surface area contributed by atoms with Gasteiger partial charge in [-0.25, -0.2) is 4.98 Å². The summed E-state index contributed by atoms with van der Waals surface area (Å²) in [6, 6.07) is 11.1. The Morgan fingerprint density at radius 3 is 2.91 bits per heavy atom. The molecule has 0 saturated heterocycles. The quantitative estimate of drug-likeness (QED) is 0.807. The molecule has 0 atom stereocenters. The standard InChI is InChI=1S/C17H16N2O3S/c1-2-22-15(20)9-11-19-13-7-5-10-18-16(13)23-14-8-4-3-6-12(14)17(19)21/h3-8,10H,2,9,11H2,1H3. The zero-order valence-corrected chi connectivity index (χ0v) is 13.5. The van der Waals surface area contributed by atoms with Crippen molar-refractivity contribution in [1.29, 1.82) is 0 Å². The number of hydrogen-bond acceptors (Lipinski definition) is 5. The maximum atomic E-state index is 12.9. The maximum Gasteiger partial charge on any atom is 0.307 e. The summed E-state index contributed by atoms with van der Waals surface area (Å²) in [6.07, 6.45) is 1.86. The fourth-order valence-electron chi connectivity index (χ4n) is 2.42. The first-order valence-corrected chi connectivity index (χ1v) is 8.21. The average Bonchev–Trinajstić information content (AvgIpc) is 2.68. The van der Waals surface area contributed by atoms with Crippen LogP contribution in [0.1, 0.15) is 23.7 Å². The molecule has 1 aromatic heterocycles. The van der Waals surface area contributed by atoms with E-state index >= 15 is 0 Å². The second-order valence-corrected chi connectivity index (χ2v) is 5.97. The van der Waals surface area contributed by atoms with Crippen molar-refractivity contribution in [2.75, 3.05) is 18.1 Å². The van der Waals surface area contributed by atoms with E-state index in [-0.39, 0.29) is 24.8 Å². The summed E-state index contributed by atoms with van der Waals surface area (Å²) in [5, 5.41) is 0.759. The van der Waals surface area contributed by atoms with Gasteiger partial charge >= 0.3 is 5.97 Å². The van der Waals surface area contributed by atoms with Crippen molar-refractivity contribution in [1.82, 2.24) is 4.98 Å². The van der Waals surface area contributed by atoms with Gasteiger partial charge in [0.15, 0.2) is 0 Å². The number of anilines is 1. The molecule has 5 nitrogen and oxygen atoms in total. The molecular weight excluding hydrogens is 312 g/mol. The fourth-order valence-corrected chi connectivity index (χ4v) is 3.43. The van der Waals surface area contributed by atoms with Gasteiger partial charge in [0.2, 0.25) is 0 Å². The lowest BCUT2D eigenvalue weighted by Crippen LogP contribution is -2.33. The van der Waals surface area contributed by atoms with Gasteiger partial charge < -0.3 is 9.64 Å². The normalized spacial score (nSPS) is 13.1. The summed E-state index contributed by atoms with van der Waals surface area (Å²) in [5.41, 5.74) is 1.35. The second-order valence-electron chi connectivity index (χ2n) is 4.94. The van der Waals surface area contributed by atoms with Gasteiger partial charge in [-0.2, -0.15) is 0 Å². The predicted octanol–water partition coefficient (Wildman–Crippen LogP) is 3.15. The van der Waals surface area contributed by atoms with Crippen molar-refractivity contribution in [3.8, 4) is 0 Å². The summed E-state index contributed by atoms with van der Waals surface area (Å²) in [5.74, 6) is -0.430. The number of pyridine rings is 1. The third-order valence-electron chi connectivity index (χ3n) is 3.46. The lowest BCUT2D eigenvalue weighted by atomic mass is 10.2. The third kappa shape index (κ3) is 3.22. The third-order valence-corrected chi connectivity index (χ3v) is 4.54. The molecule has 118 valence electrons. The van der Waals surface area contributed by atoms with Crippen LogP contribution < -0.4 is 4.90 Å². The number of carbonyl (C=O) groups is 2. The van der Waals surface area contributed by atoms with E-state index in [1.54, 1.807) is 30.2 Å². The maximum absolute atomic E-state index is 12.9. The predicted molar refractivity (Wildman–Crippen MR) is 87.7 cm³/mol. The highest BCUT2D eigenvalue weighted by Crippen LogP contribution is 2.39. The van der Waals surface area contributed by atoms with Crippen molar-refractivity contribution in [3.05, 3.63) is 48.2 Å². The highest BCUT2D eigenvalue weighted by atomic mass is 32.2. The molecule has 0 saturated carbocycles. The van der Waals surface area contributed by atoms with Crippen molar-refractivity contribution in [2.24, 2.45) is 0 Å².